The molecule has 5 heteroatoms. The molecule has 2 N–H and O–H groups in total. The topological polar surface area (TPSA) is 63.4 Å². The quantitative estimate of drug-likeness (QED) is 0.836. The Kier molecular flexibility index (Phi) is 4.46. The number of likely N-dealkylation sites (N-methyl/N-ethyl adjacent to an activating group) is 1. The Morgan fingerprint density at radius 1 is 1.38 bits per heavy atom. The zero-order chi connectivity index (χ0) is 12.2. The van der Waals surface area contributed by atoms with Gasteiger partial charge >= 0.3 is 0 Å². The summed E-state index contributed by atoms with van der Waals surface area (Å²) in [6.07, 6.45) is 0. The van der Waals surface area contributed by atoms with Crippen molar-refractivity contribution in [3.63, 3.8) is 0 Å². The molecule has 0 spiro atoms. The molecule has 0 aromatic heterocycles. The minimum Gasteiger partial charge on any atom is -0.329 e. The van der Waals surface area contributed by atoms with Gasteiger partial charge in [0.15, 0.2) is 0 Å². The number of benzene rings is 1. The summed E-state index contributed by atoms with van der Waals surface area (Å²) in [5, 5.41) is 0. The molecule has 0 saturated carbocycles. The summed E-state index contributed by atoms with van der Waals surface area (Å²) in [5.74, 6) is 0. The first-order valence-electron chi connectivity index (χ1n) is 5.29. The first-order chi connectivity index (χ1) is 7.52. The van der Waals surface area contributed by atoms with E-state index in [2.05, 4.69) is 0 Å². The van der Waals surface area contributed by atoms with Gasteiger partial charge in [-0.25, -0.2) is 8.42 Å². The largest absolute Gasteiger partial charge is 0.329 e. The number of nitrogens with zero attached hydrogens (tertiary/aromatic N) is 1. The average molecular weight is 242 g/mol. The number of aryl methyl sites for hydroxylation is 1. The van der Waals surface area contributed by atoms with Gasteiger partial charge in [0, 0.05) is 19.6 Å². The highest BCUT2D eigenvalue weighted by molar-refractivity contribution is 7.89. The highest BCUT2D eigenvalue weighted by Crippen LogP contribution is 2.16. The zero-order valence-electron chi connectivity index (χ0n) is 9.68. The fraction of sp³-hybridized carbons (Fsp3) is 0.455. The fourth-order valence-corrected chi connectivity index (χ4v) is 3.09. The van der Waals surface area contributed by atoms with Gasteiger partial charge in [-0.2, -0.15) is 4.31 Å². The number of hydrogen-bond acceptors (Lipinski definition) is 3. The van der Waals surface area contributed by atoms with Gasteiger partial charge in [-0.1, -0.05) is 19.1 Å². The molecular weight excluding hydrogens is 224 g/mol. The molecule has 0 heterocycles. The molecule has 0 atom stereocenters. The van der Waals surface area contributed by atoms with E-state index in [1.54, 1.807) is 18.2 Å². The smallest absolute Gasteiger partial charge is 0.243 e. The van der Waals surface area contributed by atoms with Crippen molar-refractivity contribution in [1.82, 2.24) is 4.31 Å². The van der Waals surface area contributed by atoms with Crippen molar-refractivity contribution in [2.75, 3.05) is 19.6 Å². The summed E-state index contributed by atoms with van der Waals surface area (Å²) in [7, 11) is -3.38. The van der Waals surface area contributed by atoms with Crippen molar-refractivity contribution in [2.45, 2.75) is 18.7 Å². The van der Waals surface area contributed by atoms with Gasteiger partial charge in [0.05, 0.1) is 4.90 Å². The van der Waals surface area contributed by atoms with Gasteiger partial charge in [0.1, 0.15) is 0 Å². The Balaban J connectivity index is 3.09. The second-order valence-corrected chi connectivity index (χ2v) is 5.54. The molecule has 90 valence electrons. The van der Waals surface area contributed by atoms with Crippen LogP contribution in [0.4, 0.5) is 0 Å². The highest BCUT2D eigenvalue weighted by atomic mass is 32.2. The minimum absolute atomic E-state index is 0.332. The zero-order valence-corrected chi connectivity index (χ0v) is 10.5. The normalized spacial score (nSPS) is 12.0. The summed E-state index contributed by atoms with van der Waals surface area (Å²) in [6.45, 7) is 4.81. The Bertz CT molecular complexity index is 443. The molecule has 1 aromatic carbocycles. The lowest BCUT2D eigenvalue weighted by Crippen LogP contribution is -2.35. The summed E-state index contributed by atoms with van der Waals surface area (Å²) in [6, 6.07) is 6.91. The second kappa shape index (κ2) is 5.43. The molecule has 0 aliphatic carbocycles. The number of nitrogens with two attached hydrogens (primary N) is 1. The van der Waals surface area contributed by atoms with Crippen LogP contribution < -0.4 is 5.73 Å². The van der Waals surface area contributed by atoms with Crippen molar-refractivity contribution in [3.05, 3.63) is 29.8 Å². The van der Waals surface area contributed by atoms with E-state index < -0.39 is 10.0 Å². The number of rotatable bonds is 5. The minimum atomic E-state index is -3.38. The molecule has 0 unspecified atom stereocenters. The van der Waals surface area contributed by atoms with E-state index in [1.807, 2.05) is 19.9 Å². The third-order valence-electron chi connectivity index (χ3n) is 2.36. The lowest BCUT2D eigenvalue weighted by atomic mass is 10.2. The van der Waals surface area contributed by atoms with Crippen molar-refractivity contribution >= 4 is 10.0 Å². The van der Waals surface area contributed by atoms with Crippen LogP contribution in [0, 0.1) is 6.92 Å². The van der Waals surface area contributed by atoms with E-state index in [0.717, 1.165) is 5.56 Å². The van der Waals surface area contributed by atoms with Gasteiger partial charge < -0.3 is 5.73 Å². The lowest BCUT2D eigenvalue weighted by molar-refractivity contribution is 0.435. The van der Waals surface area contributed by atoms with Gasteiger partial charge in [-0.3, -0.25) is 0 Å². The maximum absolute atomic E-state index is 12.2. The standard InChI is InChI=1S/C11H18N2O2S/c1-3-13(8-7-12)16(14,15)11-6-4-5-10(2)9-11/h4-6,9H,3,7-8,12H2,1-2H3. The van der Waals surface area contributed by atoms with Crippen LogP contribution in [0.5, 0.6) is 0 Å². The van der Waals surface area contributed by atoms with Crippen LogP contribution in [0.25, 0.3) is 0 Å². The Labute approximate surface area is 97.1 Å². The van der Waals surface area contributed by atoms with Gasteiger partial charge in [-0.05, 0) is 24.6 Å². The van der Waals surface area contributed by atoms with Crippen LogP contribution in [-0.4, -0.2) is 32.4 Å². The summed E-state index contributed by atoms with van der Waals surface area (Å²) < 4.78 is 25.7. The molecule has 0 amide bonds. The molecule has 0 aliphatic heterocycles. The monoisotopic (exact) mass is 242 g/mol. The first kappa shape index (κ1) is 13.2. The van der Waals surface area contributed by atoms with Crippen molar-refractivity contribution in [2.24, 2.45) is 5.73 Å². The van der Waals surface area contributed by atoms with E-state index in [1.165, 1.54) is 4.31 Å². The van der Waals surface area contributed by atoms with Crippen molar-refractivity contribution in [1.29, 1.82) is 0 Å². The van der Waals surface area contributed by atoms with Crippen molar-refractivity contribution in [3.8, 4) is 0 Å². The predicted molar refractivity (Wildman–Crippen MR) is 64.7 cm³/mol. The molecule has 0 aliphatic rings. The third-order valence-corrected chi connectivity index (χ3v) is 4.33. The lowest BCUT2D eigenvalue weighted by Gasteiger charge is -2.19. The van der Waals surface area contributed by atoms with Gasteiger partial charge in [0.25, 0.3) is 0 Å². The van der Waals surface area contributed by atoms with Crippen LogP contribution in [-0.2, 0) is 10.0 Å². The van der Waals surface area contributed by atoms with Crippen LogP contribution in [0.3, 0.4) is 0 Å². The maximum atomic E-state index is 12.2. The molecule has 1 rings (SSSR count). The molecule has 0 saturated heterocycles. The molecule has 0 fully saturated rings. The maximum Gasteiger partial charge on any atom is 0.243 e. The Morgan fingerprint density at radius 3 is 2.56 bits per heavy atom. The second-order valence-electron chi connectivity index (χ2n) is 3.60. The Morgan fingerprint density at radius 2 is 2.06 bits per heavy atom. The van der Waals surface area contributed by atoms with E-state index in [4.69, 9.17) is 5.73 Å². The van der Waals surface area contributed by atoms with E-state index in [0.29, 0.717) is 24.5 Å². The third kappa shape index (κ3) is 2.81. The highest BCUT2D eigenvalue weighted by Gasteiger charge is 2.21. The first-order valence-corrected chi connectivity index (χ1v) is 6.73. The van der Waals surface area contributed by atoms with Crippen LogP contribution in [0.15, 0.2) is 29.2 Å². The number of hydrogen-bond donors (Lipinski definition) is 1. The molecule has 4 nitrogen and oxygen atoms in total. The SMILES string of the molecule is CCN(CCN)S(=O)(=O)c1cccc(C)c1. The molecule has 0 radical (unpaired) electrons. The summed E-state index contributed by atoms with van der Waals surface area (Å²) in [5.41, 5.74) is 6.34. The summed E-state index contributed by atoms with van der Waals surface area (Å²) in [4.78, 5) is 0.336. The van der Waals surface area contributed by atoms with E-state index in [9.17, 15) is 8.42 Å². The van der Waals surface area contributed by atoms with Crippen molar-refractivity contribution < 1.29 is 8.42 Å². The van der Waals surface area contributed by atoms with Crippen LogP contribution in [0.1, 0.15) is 12.5 Å². The molecule has 1 aromatic rings. The van der Waals surface area contributed by atoms with Gasteiger partial charge in [0.2, 0.25) is 10.0 Å². The van der Waals surface area contributed by atoms with Crippen LogP contribution >= 0.6 is 0 Å². The fourth-order valence-electron chi connectivity index (χ4n) is 1.52. The average Bonchev–Trinajstić information content (AvgIpc) is 2.25. The van der Waals surface area contributed by atoms with E-state index >= 15 is 0 Å². The molecular formula is C11H18N2O2S. The molecule has 16 heavy (non-hydrogen) atoms. The summed E-state index contributed by atoms with van der Waals surface area (Å²) >= 11 is 0. The van der Waals surface area contributed by atoms with Crippen LogP contribution in [0.2, 0.25) is 0 Å². The Hall–Kier alpha value is -0.910. The van der Waals surface area contributed by atoms with Gasteiger partial charge in [-0.15, -0.1) is 0 Å². The predicted octanol–water partition coefficient (Wildman–Crippen LogP) is 0.964. The van der Waals surface area contributed by atoms with E-state index in [-0.39, 0.29) is 0 Å². The number of sulfonamides is 1. The molecule has 0 bridgehead atoms.